The van der Waals surface area contributed by atoms with Crippen molar-refractivity contribution in [2.24, 2.45) is 0 Å². The van der Waals surface area contributed by atoms with Gasteiger partial charge in [-0.05, 0) is 44.9 Å². The molecule has 0 aromatic heterocycles. The van der Waals surface area contributed by atoms with Crippen LogP contribution in [0.4, 0.5) is 0 Å². The molecule has 0 aromatic rings. The van der Waals surface area contributed by atoms with Gasteiger partial charge in [0.25, 0.3) is 0 Å². The SMILES string of the molecule is CCCCCCCCCCCCCCCCCCCC/C=C/CC/C=C/CC/C=C/C(O)C(COP(=O)(O)OCC[N+](C)(C)C)NC(=O)CCCCCCCCCCC. The summed E-state index contributed by atoms with van der Waals surface area (Å²) in [6.07, 6.45) is 52.6. The Labute approximate surface area is 366 Å². The van der Waals surface area contributed by atoms with Crippen LogP contribution in [0.3, 0.4) is 0 Å². The van der Waals surface area contributed by atoms with Crippen molar-refractivity contribution in [3.63, 3.8) is 0 Å². The summed E-state index contributed by atoms with van der Waals surface area (Å²) in [6.45, 7) is 4.77. The number of unbranched alkanes of at least 4 members (excludes halogenated alkanes) is 28. The van der Waals surface area contributed by atoms with E-state index in [1.165, 1.54) is 161 Å². The number of hydrogen-bond acceptors (Lipinski definition) is 5. The van der Waals surface area contributed by atoms with Gasteiger partial charge in [0, 0.05) is 6.42 Å². The van der Waals surface area contributed by atoms with Crippen molar-refractivity contribution in [2.45, 2.75) is 238 Å². The highest BCUT2D eigenvalue weighted by molar-refractivity contribution is 7.47. The molecule has 0 saturated heterocycles. The van der Waals surface area contributed by atoms with Gasteiger partial charge in [0.15, 0.2) is 0 Å². The Morgan fingerprint density at radius 2 is 0.932 bits per heavy atom. The molecule has 0 heterocycles. The Morgan fingerprint density at radius 1 is 0.559 bits per heavy atom. The van der Waals surface area contributed by atoms with Crippen LogP contribution in [0.1, 0.15) is 226 Å². The van der Waals surface area contributed by atoms with Crippen LogP contribution >= 0.6 is 7.82 Å². The summed E-state index contributed by atoms with van der Waals surface area (Å²) < 4.78 is 23.5. The minimum absolute atomic E-state index is 0.0544. The lowest BCUT2D eigenvalue weighted by Gasteiger charge is -2.25. The number of phosphoric ester groups is 1. The van der Waals surface area contributed by atoms with Crippen molar-refractivity contribution in [3.8, 4) is 0 Å². The number of carbonyl (C=O) groups excluding carboxylic acids is 1. The first-order valence-corrected chi connectivity index (χ1v) is 26.4. The zero-order valence-electron chi connectivity index (χ0n) is 39.5. The van der Waals surface area contributed by atoms with Gasteiger partial charge < -0.3 is 19.8 Å². The number of aliphatic hydroxyl groups excluding tert-OH is 1. The van der Waals surface area contributed by atoms with E-state index in [1.807, 2.05) is 27.2 Å². The smallest absolute Gasteiger partial charge is 0.387 e. The van der Waals surface area contributed by atoms with E-state index in [4.69, 9.17) is 9.05 Å². The van der Waals surface area contributed by atoms with E-state index in [0.29, 0.717) is 17.4 Å². The zero-order chi connectivity index (χ0) is 43.6. The van der Waals surface area contributed by atoms with Gasteiger partial charge in [-0.15, -0.1) is 0 Å². The third kappa shape index (κ3) is 44.6. The minimum atomic E-state index is -4.34. The standard InChI is InChI=1S/C50H97N2O6P/c1-6-8-10-12-14-16-17-18-19-20-21-22-23-24-25-26-27-28-29-30-31-32-33-34-36-37-39-41-43-49(53)48(47-58-59(55,56)57-46-45-52(3,4)5)51-50(54)44-42-40-38-35-15-13-11-9-7-2/h30-31,34,36,41,43,48-49,53H,6-29,32-33,35,37-40,42,44-47H2,1-5H3,(H-,51,54,55,56)/p+1/b31-30+,36-34+,43-41+. The van der Waals surface area contributed by atoms with Crippen molar-refractivity contribution < 1.29 is 32.9 Å². The lowest BCUT2D eigenvalue weighted by atomic mass is 10.0. The first-order valence-electron chi connectivity index (χ1n) is 24.9. The molecule has 0 rings (SSSR count). The molecule has 3 N–H and O–H groups in total. The van der Waals surface area contributed by atoms with Crippen molar-refractivity contribution in [1.29, 1.82) is 0 Å². The number of nitrogens with zero attached hydrogens (tertiary/aromatic N) is 1. The molecule has 0 aromatic carbocycles. The predicted octanol–water partition coefficient (Wildman–Crippen LogP) is 14.3. The van der Waals surface area contributed by atoms with Gasteiger partial charge in [0.05, 0.1) is 39.9 Å². The van der Waals surface area contributed by atoms with Crippen LogP contribution in [-0.4, -0.2) is 73.4 Å². The molecule has 348 valence electrons. The summed E-state index contributed by atoms with van der Waals surface area (Å²) in [5.74, 6) is -0.194. The summed E-state index contributed by atoms with van der Waals surface area (Å²) in [7, 11) is 1.55. The van der Waals surface area contributed by atoms with E-state index in [0.717, 1.165) is 44.9 Å². The van der Waals surface area contributed by atoms with E-state index >= 15 is 0 Å². The number of likely N-dealkylation sites (N-methyl/N-ethyl adjacent to an activating group) is 1. The highest BCUT2D eigenvalue weighted by Crippen LogP contribution is 2.43. The van der Waals surface area contributed by atoms with Crippen LogP contribution in [0.2, 0.25) is 0 Å². The molecule has 0 aliphatic carbocycles. The first-order chi connectivity index (χ1) is 28.5. The fraction of sp³-hybridized carbons (Fsp3) is 0.860. The van der Waals surface area contributed by atoms with E-state index in [-0.39, 0.29) is 19.1 Å². The molecule has 3 atom stereocenters. The molecule has 0 radical (unpaired) electrons. The highest BCUT2D eigenvalue weighted by atomic mass is 31.2. The van der Waals surface area contributed by atoms with E-state index in [9.17, 15) is 19.4 Å². The van der Waals surface area contributed by atoms with Gasteiger partial charge in [-0.25, -0.2) is 4.57 Å². The Hall–Kier alpha value is -1.28. The summed E-state index contributed by atoms with van der Waals surface area (Å²) in [4.78, 5) is 23.0. The predicted molar refractivity (Wildman–Crippen MR) is 254 cm³/mol. The zero-order valence-corrected chi connectivity index (χ0v) is 40.4. The molecule has 0 bridgehead atoms. The number of quaternary nitrogens is 1. The van der Waals surface area contributed by atoms with Crippen LogP contribution in [-0.2, 0) is 18.4 Å². The first kappa shape index (κ1) is 57.7. The number of nitrogens with one attached hydrogen (secondary N) is 1. The number of amides is 1. The Bertz CT molecular complexity index is 1060. The van der Waals surface area contributed by atoms with Gasteiger partial charge >= 0.3 is 7.82 Å². The normalized spacial score (nSPS) is 14.5. The molecule has 0 saturated carbocycles. The fourth-order valence-electron chi connectivity index (χ4n) is 7.13. The number of phosphoric acid groups is 1. The lowest BCUT2D eigenvalue weighted by molar-refractivity contribution is -0.870. The summed E-state index contributed by atoms with van der Waals surface area (Å²) >= 11 is 0. The second-order valence-electron chi connectivity index (χ2n) is 18.2. The maximum absolute atomic E-state index is 12.8. The largest absolute Gasteiger partial charge is 0.472 e. The van der Waals surface area contributed by atoms with E-state index in [1.54, 1.807) is 6.08 Å². The van der Waals surface area contributed by atoms with Crippen LogP contribution in [0, 0.1) is 0 Å². The van der Waals surface area contributed by atoms with Gasteiger partial charge in [-0.1, -0.05) is 211 Å². The second-order valence-corrected chi connectivity index (χ2v) is 19.6. The van der Waals surface area contributed by atoms with Crippen molar-refractivity contribution in [3.05, 3.63) is 36.5 Å². The van der Waals surface area contributed by atoms with Crippen molar-refractivity contribution in [2.75, 3.05) is 40.9 Å². The Morgan fingerprint density at radius 3 is 1.36 bits per heavy atom. The number of aliphatic hydroxyl groups is 1. The number of hydrogen-bond donors (Lipinski definition) is 3. The maximum atomic E-state index is 12.8. The Kier molecular flexibility index (Phi) is 41.1. The van der Waals surface area contributed by atoms with Gasteiger partial charge in [0.1, 0.15) is 13.2 Å². The summed E-state index contributed by atoms with van der Waals surface area (Å²) in [6, 6.07) is -0.865. The third-order valence-electron chi connectivity index (χ3n) is 11.1. The molecule has 8 nitrogen and oxygen atoms in total. The molecule has 0 aliphatic rings. The molecule has 1 amide bonds. The van der Waals surface area contributed by atoms with Crippen LogP contribution in [0.5, 0.6) is 0 Å². The van der Waals surface area contributed by atoms with Gasteiger partial charge in [-0.2, -0.15) is 0 Å². The van der Waals surface area contributed by atoms with Crippen LogP contribution in [0.25, 0.3) is 0 Å². The molecular weight excluding hydrogens is 756 g/mol. The lowest BCUT2D eigenvalue weighted by Crippen LogP contribution is -2.45. The summed E-state index contributed by atoms with van der Waals surface area (Å²) in [5.41, 5.74) is 0. The molecule has 0 spiro atoms. The molecule has 9 heteroatoms. The van der Waals surface area contributed by atoms with E-state index in [2.05, 4.69) is 43.5 Å². The molecule has 59 heavy (non-hydrogen) atoms. The quantitative estimate of drug-likeness (QED) is 0.0244. The second kappa shape index (κ2) is 42.0. The van der Waals surface area contributed by atoms with Crippen LogP contribution in [0.15, 0.2) is 36.5 Å². The molecule has 0 aliphatic heterocycles. The van der Waals surface area contributed by atoms with Gasteiger partial charge in [-0.3, -0.25) is 13.8 Å². The average molecular weight is 854 g/mol. The minimum Gasteiger partial charge on any atom is -0.387 e. The Balaban J connectivity index is 4.21. The maximum Gasteiger partial charge on any atom is 0.472 e. The topological polar surface area (TPSA) is 105 Å². The van der Waals surface area contributed by atoms with Gasteiger partial charge in [0.2, 0.25) is 5.91 Å². The summed E-state index contributed by atoms with van der Waals surface area (Å²) in [5, 5.41) is 13.8. The number of rotatable bonds is 45. The van der Waals surface area contributed by atoms with Crippen molar-refractivity contribution >= 4 is 13.7 Å². The molecular formula is C50H98N2O6P+. The third-order valence-corrected chi connectivity index (χ3v) is 12.1. The fourth-order valence-corrected chi connectivity index (χ4v) is 7.87. The number of carbonyl (C=O) groups is 1. The monoisotopic (exact) mass is 854 g/mol. The van der Waals surface area contributed by atoms with E-state index < -0.39 is 20.0 Å². The molecule has 0 fully saturated rings. The van der Waals surface area contributed by atoms with Crippen LogP contribution < -0.4 is 5.32 Å². The number of allylic oxidation sites excluding steroid dienone is 5. The highest BCUT2D eigenvalue weighted by Gasteiger charge is 2.27. The molecule has 3 unspecified atom stereocenters. The van der Waals surface area contributed by atoms with Crippen molar-refractivity contribution in [1.82, 2.24) is 5.32 Å². The average Bonchev–Trinajstić information content (AvgIpc) is 3.19.